The Balaban J connectivity index is 2.17. The fraction of sp³-hybridized carbons (Fsp3) is 0.286. The van der Waals surface area contributed by atoms with Crippen LogP contribution in [0.5, 0.6) is 0 Å². The van der Waals surface area contributed by atoms with Crippen LogP contribution in [0.3, 0.4) is 0 Å². The number of sulfonamides is 1. The number of thiophene rings is 1. The second kappa shape index (κ2) is 7.02. The summed E-state index contributed by atoms with van der Waals surface area (Å²) in [4.78, 5) is 1.40. The summed E-state index contributed by atoms with van der Waals surface area (Å²) >= 11 is 4.97. The molecule has 1 aromatic carbocycles. The molecule has 1 aromatic heterocycles. The van der Waals surface area contributed by atoms with Gasteiger partial charge in [-0.2, -0.15) is 0 Å². The lowest BCUT2D eigenvalue weighted by atomic mass is 10.1. The van der Waals surface area contributed by atoms with Gasteiger partial charge in [-0.05, 0) is 57.9 Å². The average Bonchev–Trinajstić information content (AvgIpc) is 2.94. The van der Waals surface area contributed by atoms with Gasteiger partial charge in [-0.15, -0.1) is 11.3 Å². The highest BCUT2D eigenvalue weighted by molar-refractivity contribution is 9.10. The number of aryl methyl sites for hydroxylation is 1. The van der Waals surface area contributed by atoms with Crippen molar-refractivity contribution in [1.29, 1.82) is 0 Å². The summed E-state index contributed by atoms with van der Waals surface area (Å²) in [6.45, 7) is 2.54. The smallest absolute Gasteiger partial charge is 0.241 e. The van der Waals surface area contributed by atoms with Crippen LogP contribution in [0.15, 0.2) is 39.0 Å². The molecule has 2 aromatic rings. The zero-order valence-electron chi connectivity index (χ0n) is 11.6. The molecule has 3 N–H and O–H groups in total. The van der Waals surface area contributed by atoms with Gasteiger partial charge in [-0.25, -0.2) is 13.1 Å². The Morgan fingerprint density at radius 3 is 2.76 bits per heavy atom. The van der Waals surface area contributed by atoms with Gasteiger partial charge in [0, 0.05) is 22.4 Å². The van der Waals surface area contributed by atoms with Crippen molar-refractivity contribution in [2.24, 2.45) is 5.73 Å². The number of halogens is 1. The van der Waals surface area contributed by atoms with Crippen molar-refractivity contribution in [1.82, 2.24) is 4.72 Å². The van der Waals surface area contributed by atoms with Crippen molar-refractivity contribution in [2.45, 2.75) is 24.8 Å². The molecule has 1 heterocycles. The molecule has 0 radical (unpaired) electrons. The van der Waals surface area contributed by atoms with Crippen LogP contribution in [0.25, 0.3) is 0 Å². The van der Waals surface area contributed by atoms with Crippen molar-refractivity contribution in [3.05, 3.63) is 50.1 Å². The van der Waals surface area contributed by atoms with E-state index in [4.69, 9.17) is 5.73 Å². The first-order valence-electron chi connectivity index (χ1n) is 6.45. The molecule has 0 unspecified atom stereocenters. The molecule has 0 aliphatic rings. The topological polar surface area (TPSA) is 72.2 Å². The van der Waals surface area contributed by atoms with E-state index in [1.165, 1.54) is 0 Å². The van der Waals surface area contributed by atoms with E-state index in [1.54, 1.807) is 17.4 Å². The van der Waals surface area contributed by atoms with Gasteiger partial charge in [-0.3, -0.25) is 0 Å². The maximum absolute atomic E-state index is 12.4. The van der Waals surface area contributed by atoms with E-state index in [0.717, 1.165) is 16.0 Å². The molecule has 0 fully saturated rings. The Hall–Kier alpha value is -0.730. The highest BCUT2D eigenvalue weighted by atomic mass is 79.9. The lowest BCUT2D eigenvalue weighted by Crippen LogP contribution is -2.26. The van der Waals surface area contributed by atoms with Crippen molar-refractivity contribution < 1.29 is 8.42 Å². The first kappa shape index (κ1) is 16.6. The monoisotopic (exact) mass is 388 g/mol. The quantitative estimate of drug-likeness (QED) is 0.798. The minimum absolute atomic E-state index is 0.245. The first-order chi connectivity index (χ1) is 9.94. The van der Waals surface area contributed by atoms with E-state index in [9.17, 15) is 8.42 Å². The normalized spacial score (nSPS) is 11.8. The Kier molecular flexibility index (Phi) is 5.56. The molecule has 0 amide bonds. The van der Waals surface area contributed by atoms with Crippen molar-refractivity contribution in [2.75, 3.05) is 6.54 Å². The zero-order chi connectivity index (χ0) is 15.5. The summed E-state index contributed by atoms with van der Waals surface area (Å²) in [5.74, 6) is 0. The molecule has 114 valence electrons. The van der Waals surface area contributed by atoms with E-state index in [1.807, 2.05) is 30.5 Å². The highest BCUT2D eigenvalue weighted by Gasteiger charge is 2.19. The molecule has 2 rings (SSSR count). The van der Waals surface area contributed by atoms with Gasteiger partial charge in [0.2, 0.25) is 10.0 Å². The van der Waals surface area contributed by atoms with Crippen molar-refractivity contribution in [3.8, 4) is 0 Å². The highest BCUT2D eigenvalue weighted by Crippen LogP contribution is 2.27. The minimum atomic E-state index is -3.55. The summed E-state index contributed by atoms with van der Waals surface area (Å²) in [7, 11) is -3.55. The van der Waals surface area contributed by atoms with Crippen molar-refractivity contribution >= 4 is 37.3 Å². The third-order valence-electron chi connectivity index (χ3n) is 3.05. The molecule has 0 atom stereocenters. The molecule has 0 aliphatic heterocycles. The van der Waals surface area contributed by atoms with E-state index in [0.29, 0.717) is 24.0 Å². The van der Waals surface area contributed by atoms with E-state index in [-0.39, 0.29) is 4.90 Å². The third kappa shape index (κ3) is 4.14. The lowest BCUT2D eigenvalue weighted by Gasteiger charge is -2.12. The number of hydrogen-bond acceptors (Lipinski definition) is 4. The fourth-order valence-corrected chi connectivity index (χ4v) is 4.77. The van der Waals surface area contributed by atoms with Gasteiger partial charge < -0.3 is 5.73 Å². The Bertz CT molecular complexity index is 713. The minimum Gasteiger partial charge on any atom is -0.326 e. The van der Waals surface area contributed by atoms with E-state index in [2.05, 4.69) is 20.7 Å². The van der Waals surface area contributed by atoms with Crippen LogP contribution < -0.4 is 10.5 Å². The first-order valence-corrected chi connectivity index (χ1v) is 9.61. The van der Waals surface area contributed by atoms with Gasteiger partial charge in [0.25, 0.3) is 0 Å². The molecule has 0 spiro atoms. The zero-order valence-corrected chi connectivity index (χ0v) is 14.8. The van der Waals surface area contributed by atoms with Gasteiger partial charge in [-0.1, -0.05) is 12.1 Å². The molecule has 4 nitrogen and oxygen atoms in total. The van der Waals surface area contributed by atoms with E-state index < -0.39 is 10.0 Å². The van der Waals surface area contributed by atoms with Crippen LogP contribution in [-0.2, 0) is 23.0 Å². The van der Waals surface area contributed by atoms with Crippen LogP contribution in [0.2, 0.25) is 0 Å². The van der Waals surface area contributed by atoms with Gasteiger partial charge >= 0.3 is 0 Å². The average molecular weight is 389 g/mol. The van der Waals surface area contributed by atoms with Crippen LogP contribution in [0.1, 0.15) is 16.0 Å². The Labute approximate surface area is 137 Å². The maximum atomic E-state index is 12.4. The van der Waals surface area contributed by atoms with Crippen molar-refractivity contribution in [3.63, 3.8) is 0 Å². The summed E-state index contributed by atoms with van der Waals surface area (Å²) in [6.07, 6.45) is 0.685. The second-order valence-electron chi connectivity index (χ2n) is 4.66. The Morgan fingerprint density at radius 2 is 2.14 bits per heavy atom. The SMILES string of the molecule is Cc1cc(CN)cc(S(=O)(=O)NCCc2cccs2)c1Br. The maximum Gasteiger partial charge on any atom is 0.241 e. The lowest BCUT2D eigenvalue weighted by molar-refractivity contribution is 0.581. The third-order valence-corrected chi connectivity index (χ3v) is 6.79. The molecule has 7 heteroatoms. The summed E-state index contributed by atoms with van der Waals surface area (Å²) in [5.41, 5.74) is 7.27. The standard InChI is InChI=1S/C14H17BrN2O2S2/c1-10-7-11(9-16)8-13(14(10)15)21(18,19)17-5-4-12-3-2-6-20-12/h2-3,6-8,17H,4-5,9,16H2,1H3. The van der Waals surface area contributed by atoms with E-state index >= 15 is 0 Å². The summed E-state index contributed by atoms with van der Waals surface area (Å²) in [5, 5.41) is 1.98. The van der Waals surface area contributed by atoms with Gasteiger partial charge in [0.1, 0.15) is 0 Å². The number of rotatable bonds is 6. The van der Waals surface area contributed by atoms with Gasteiger partial charge in [0.05, 0.1) is 4.90 Å². The molecule has 0 aliphatic carbocycles. The number of nitrogens with two attached hydrogens (primary N) is 1. The van der Waals surface area contributed by atoms with Crippen LogP contribution in [-0.4, -0.2) is 15.0 Å². The van der Waals surface area contributed by atoms with Crippen LogP contribution >= 0.6 is 27.3 Å². The largest absolute Gasteiger partial charge is 0.326 e. The summed E-state index contributed by atoms with van der Waals surface area (Å²) < 4.78 is 28.1. The molecule has 0 saturated carbocycles. The van der Waals surface area contributed by atoms with Crippen LogP contribution in [0.4, 0.5) is 0 Å². The summed E-state index contributed by atoms with van der Waals surface area (Å²) in [6, 6.07) is 7.45. The molecule has 21 heavy (non-hydrogen) atoms. The number of benzene rings is 1. The molecular formula is C14H17BrN2O2S2. The second-order valence-corrected chi connectivity index (χ2v) is 8.22. The number of hydrogen-bond donors (Lipinski definition) is 2. The van der Waals surface area contributed by atoms with Gasteiger partial charge in [0.15, 0.2) is 0 Å². The molecule has 0 saturated heterocycles. The Morgan fingerprint density at radius 1 is 1.38 bits per heavy atom. The fourth-order valence-electron chi connectivity index (χ4n) is 1.96. The predicted octanol–water partition coefficient (Wildman–Crippen LogP) is 2.80. The van der Waals surface area contributed by atoms with Crippen LogP contribution in [0, 0.1) is 6.92 Å². The molecular weight excluding hydrogens is 372 g/mol. The molecule has 0 bridgehead atoms. The number of nitrogens with one attached hydrogen (secondary N) is 1. The predicted molar refractivity (Wildman–Crippen MR) is 90.0 cm³/mol.